The van der Waals surface area contributed by atoms with Gasteiger partial charge in [-0.2, -0.15) is 0 Å². The van der Waals surface area contributed by atoms with E-state index in [2.05, 4.69) is 10.2 Å². The van der Waals surface area contributed by atoms with Crippen LogP contribution in [0.25, 0.3) is 0 Å². The van der Waals surface area contributed by atoms with Crippen LogP contribution in [-0.2, 0) is 4.79 Å². The van der Waals surface area contributed by atoms with Crippen molar-refractivity contribution in [1.82, 2.24) is 9.80 Å². The van der Waals surface area contributed by atoms with Crippen LogP contribution in [0.1, 0.15) is 28.4 Å². The van der Waals surface area contributed by atoms with Gasteiger partial charge in [-0.15, -0.1) is 0 Å². The summed E-state index contributed by atoms with van der Waals surface area (Å²) in [5, 5.41) is 3.66. The first kappa shape index (κ1) is 20.4. The third kappa shape index (κ3) is 4.72. The fourth-order valence-corrected chi connectivity index (χ4v) is 3.49. The second-order valence-electron chi connectivity index (χ2n) is 7.32. The Morgan fingerprint density at radius 3 is 2.29 bits per heavy atom. The monoisotopic (exact) mass is 399 g/mol. The molecule has 1 saturated heterocycles. The summed E-state index contributed by atoms with van der Waals surface area (Å²) in [6.45, 7) is 8.44. The SMILES string of the molecule is Cc1ccc(C)c(NC(=O)C(C)N2CCN(C(=O)c3ccc(Cl)cc3)CC2)c1. The predicted molar refractivity (Wildman–Crippen MR) is 113 cm³/mol. The number of hydrogen-bond acceptors (Lipinski definition) is 3. The lowest BCUT2D eigenvalue weighted by molar-refractivity contribution is -0.121. The van der Waals surface area contributed by atoms with E-state index in [4.69, 9.17) is 11.6 Å². The number of aryl methyl sites for hydroxylation is 2. The molecule has 1 unspecified atom stereocenters. The first-order chi connectivity index (χ1) is 13.3. The molecule has 5 nitrogen and oxygen atoms in total. The van der Waals surface area contributed by atoms with Gasteiger partial charge in [0.1, 0.15) is 0 Å². The van der Waals surface area contributed by atoms with Crippen molar-refractivity contribution in [2.45, 2.75) is 26.8 Å². The molecular formula is C22H26ClN3O2. The van der Waals surface area contributed by atoms with Crippen LogP contribution in [0.2, 0.25) is 5.02 Å². The minimum atomic E-state index is -0.257. The molecule has 2 amide bonds. The molecule has 1 heterocycles. The maximum Gasteiger partial charge on any atom is 0.253 e. The van der Waals surface area contributed by atoms with Crippen molar-refractivity contribution in [1.29, 1.82) is 0 Å². The molecule has 2 aromatic carbocycles. The number of carbonyl (C=O) groups is 2. The molecule has 6 heteroatoms. The van der Waals surface area contributed by atoms with Crippen LogP contribution in [0.4, 0.5) is 5.69 Å². The van der Waals surface area contributed by atoms with Crippen molar-refractivity contribution in [3.05, 3.63) is 64.2 Å². The van der Waals surface area contributed by atoms with E-state index in [0.29, 0.717) is 36.8 Å². The summed E-state index contributed by atoms with van der Waals surface area (Å²) in [5.74, 6) is -0.0185. The van der Waals surface area contributed by atoms with E-state index >= 15 is 0 Å². The predicted octanol–water partition coefficient (Wildman–Crippen LogP) is 3.74. The Hall–Kier alpha value is -2.37. The molecule has 0 saturated carbocycles. The Bertz CT molecular complexity index is 859. The highest BCUT2D eigenvalue weighted by atomic mass is 35.5. The van der Waals surface area contributed by atoms with Gasteiger partial charge in [0.05, 0.1) is 6.04 Å². The third-order valence-electron chi connectivity index (χ3n) is 5.27. The minimum Gasteiger partial charge on any atom is -0.336 e. The zero-order chi connectivity index (χ0) is 20.3. The van der Waals surface area contributed by atoms with Crippen LogP contribution in [0.3, 0.4) is 0 Å². The van der Waals surface area contributed by atoms with Crippen LogP contribution in [0, 0.1) is 13.8 Å². The molecule has 0 aromatic heterocycles. The number of amides is 2. The van der Waals surface area contributed by atoms with Gasteiger partial charge < -0.3 is 10.2 Å². The zero-order valence-electron chi connectivity index (χ0n) is 16.5. The van der Waals surface area contributed by atoms with E-state index in [1.54, 1.807) is 24.3 Å². The summed E-state index contributed by atoms with van der Waals surface area (Å²) in [6.07, 6.45) is 0. The van der Waals surface area contributed by atoms with Crippen LogP contribution in [0.15, 0.2) is 42.5 Å². The van der Waals surface area contributed by atoms with Gasteiger partial charge in [0.15, 0.2) is 0 Å². The number of anilines is 1. The van der Waals surface area contributed by atoms with Gasteiger partial charge in [-0.3, -0.25) is 14.5 Å². The standard InChI is InChI=1S/C22H26ClN3O2/c1-15-4-5-16(2)20(14-15)24-21(27)17(3)25-10-12-26(13-11-25)22(28)18-6-8-19(23)9-7-18/h4-9,14,17H,10-13H2,1-3H3,(H,24,27). The number of nitrogens with zero attached hydrogens (tertiary/aromatic N) is 2. The Labute approximate surface area is 171 Å². The molecule has 0 radical (unpaired) electrons. The quantitative estimate of drug-likeness (QED) is 0.852. The van der Waals surface area contributed by atoms with Crippen molar-refractivity contribution < 1.29 is 9.59 Å². The van der Waals surface area contributed by atoms with Gasteiger partial charge in [0, 0.05) is 42.5 Å². The molecule has 0 aliphatic carbocycles. The number of piperazine rings is 1. The Morgan fingerprint density at radius 2 is 1.64 bits per heavy atom. The van der Waals surface area contributed by atoms with E-state index in [9.17, 15) is 9.59 Å². The van der Waals surface area contributed by atoms with Crippen LogP contribution in [0.5, 0.6) is 0 Å². The lowest BCUT2D eigenvalue weighted by atomic mass is 10.1. The smallest absolute Gasteiger partial charge is 0.253 e. The Balaban J connectivity index is 1.56. The molecule has 1 atom stereocenters. The fourth-order valence-electron chi connectivity index (χ4n) is 3.36. The van der Waals surface area contributed by atoms with E-state index < -0.39 is 0 Å². The summed E-state index contributed by atoms with van der Waals surface area (Å²) in [4.78, 5) is 29.3. The van der Waals surface area contributed by atoms with Gasteiger partial charge in [0.2, 0.25) is 5.91 Å². The summed E-state index contributed by atoms with van der Waals surface area (Å²) < 4.78 is 0. The number of benzene rings is 2. The van der Waals surface area contributed by atoms with Gasteiger partial charge >= 0.3 is 0 Å². The first-order valence-electron chi connectivity index (χ1n) is 9.52. The largest absolute Gasteiger partial charge is 0.336 e. The fraction of sp³-hybridized carbons (Fsp3) is 0.364. The summed E-state index contributed by atoms with van der Waals surface area (Å²) >= 11 is 5.89. The molecule has 0 spiro atoms. The van der Waals surface area contributed by atoms with Gasteiger partial charge in [-0.25, -0.2) is 0 Å². The Kier molecular flexibility index (Phi) is 6.37. The lowest BCUT2D eigenvalue weighted by Crippen LogP contribution is -2.54. The van der Waals surface area contributed by atoms with Gasteiger partial charge in [0.25, 0.3) is 5.91 Å². The third-order valence-corrected chi connectivity index (χ3v) is 5.52. The maximum absolute atomic E-state index is 12.7. The zero-order valence-corrected chi connectivity index (χ0v) is 17.3. The van der Waals surface area contributed by atoms with Crippen molar-refractivity contribution in [3.63, 3.8) is 0 Å². The molecule has 148 valence electrons. The van der Waals surface area contributed by atoms with Crippen molar-refractivity contribution in [2.75, 3.05) is 31.5 Å². The molecule has 1 aliphatic rings. The molecule has 28 heavy (non-hydrogen) atoms. The first-order valence-corrected chi connectivity index (χ1v) is 9.90. The van der Waals surface area contributed by atoms with E-state index in [0.717, 1.165) is 16.8 Å². The molecule has 0 bridgehead atoms. The normalized spacial score (nSPS) is 15.9. The highest BCUT2D eigenvalue weighted by molar-refractivity contribution is 6.30. The number of halogens is 1. The number of hydrogen-bond donors (Lipinski definition) is 1. The lowest BCUT2D eigenvalue weighted by Gasteiger charge is -2.37. The maximum atomic E-state index is 12.7. The van der Waals surface area contributed by atoms with Crippen molar-refractivity contribution in [2.24, 2.45) is 0 Å². The Morgan fingerprint density at radius 1 is 1.00 bits per heavy atom. The second-order valence-corrected chi connectivity index (χ2v) is 7.76. The number of carbonyl (C=O) groups excluding carboxylic acids is 2. The molecule has 3 rings (SSSR count). The number of rotatable bonds is 4. The number of nitrogens with one attached hydrogen (secondary N) is 1. The molecular weight excluding hydrogens is 374 g/mol. The summed E-state index contributed by atoms with van der Waals surface area (Å²) in [7, 11) is 0. The topological polar surface area (TPSA) is 52.7 Å². The summed E-state index contributed by atoms with van der Waals surface area (Å²) in [5.41, 5.74) is 3.65. The average Bonchev–Trinajstić information content (AvgIpc) is 2.70. The van der Waals surface area contributed by atoms with E-state index in [-0.39, 0.29) is 17.9 Å². The van der Waals surface area contributed by atoms with Crippen LogP contribution < -0.4 is 5.32 Å². The molecule has 1 aliphatic heterocycles. The van der Waals surface area contributed by atoms with Crippen molar-refractivity contribution in [3.8, 4) is 0 Å². The average molecular weight is 400 g/mol. The van der Waals surface area contributed by atoms with Crippen LogP contribution >= 0.6 is 11.6 Å². The van der Waals surface area contributed by atoms with Crippen LogP contribution in [-0.4, -0.2) is 53.8 Å². The van der Waals surface area contributed by atoms with Crippen molar-refractivity contribution >= 4 is 29.1 Å². The van der Waals surface area contributed by atoms with Gasteiger partial charge in [-0.1, -0.05) is 23.7 Å². The van der Waals surface area contributed by atoms with Gasteiger partial charge in [-0.05, 0) is 62.2 Å². The van der Waals surface area contributed by atoms with E-state index in [1.165, 1.54) is 0 Å². The van der Waals surface area contributed by atoms with E-state index in [1.807, 2.05) is 43.9 Å². The molecule has 1 N–H and O–H groups in total. The summed E-state index contributed by atoms with van der Waals surface area (Å²) in [6, 6.07) is 12.7. The molecule has 2 aromatic rings. The second kappa shape index (κ2) is 8.76. The highest BCUT2D eigenvalue weighted by Gasteiger charge is 2.28. The molecule has 1 fully saturated rings. The highest BCUT2D eigenvalue weighted by Crippen LogP contribution is 2.18. The minimum absolute atomic E-state index is 0.00352.